The minimum absolute atomic E-state index is 0.00561. The van der Waals surface area contributed by atoms with Crippen molar-refractivity contribution in [3.8, 4) is 5.88 Å². The zero-order valence-electron chi connectivity index (χ0n) is 13.8. The van der Waals surface area contributed by atoms with E-state index in [4.69, 9.17) is 11.6 Å². The Morgan fingerprint density at radius 2 is 1.81 bits per heavy atom. The van der Waals surface area contributed by atoms with E-state index in [9.17, 15) is 22.8 Å². The largest absolute Gasteiger partial charge is 0.468 e. The lowest BCUT2D eigenvalue weighted by atomic mass is 10.2. The molecule has 2 N–H and O–H groups in total. The minimum atomic E-state index is -4.45. The first-order valence-corrected chi connectivity index (χ1v) is 8.10. The van der Waals surface area contributed by atoms with Gasteiger partial charge in [0, 0.05) is 29.6 Å². The van der Waals surface area contributed by atoms with E-state index in [2.05, 4.69) is 20.4 Å². The Balaban J connectivity index is 1.73. The van der Waals surface area contributed by atoms with Gasteiger partial charge in [0.1, 0.15) is 0 Å². The van der Waals surface area contributed by atoms with Crippen LogP contribution in [0.2, 0.25) is 5.02 Å². The molecule has 10 heteroatoms. The summed E-state index contributed by atoms with van der Waals surface area (Å²) < 4.78 is 40.6. The molecule has 0 saturated heterocycles. The number of hydrogen-bond donors (Lipinski definition) is 2. The summed E-state index contributed by atoms with van der Waals surface area (Å²) in [4.78, 5) is 27.4. The summed E-state index contributed by atoms with van der Waals surface area (Å²) in [5.41, 5.74) is 0.710. The fraction of sp³-hybridized carbons (Fsp3) is 0.235. The number of carbonyl (C=O) groups excluding carboxylic acids is 2. The molecule has 2 aromatic rings. The second-order valence-electron chi connectivity index (χ2n) is 5.35. The summed E-state index contributed by atoms with van der Waals surface area (Å²) in [6.07, 6.45) is -3.27. The number of halogens is 4. The molecule has 1 aromatic heterocycles. The summed E-state index contributed by atoms with van der Waals surface area (Å²) in [5.74, 6) is -0.940. The number of nitrogens with zero attached hydrogens (tertiary/aromatic N) is 1. The third-order valence-corrected chi connectivity index (χ3v) is 3.40. The van der Waals surface area contributed by atoms with Gasteiger partial charge in [0.2, 0.25) is 11.8 Å². The molecule has 144 valence electrons. The Morgan fingerprint density at radius 1 is 1.11 bits per heavy atom. The van der Waals surface area contributed by atoms with Crippen LogP contribution < -0.4 is 15.4 Å². The highest BCUT2D eigenvalue weighted by atomic mass is 35.5. The fourth-order valence-corrected chi connectivity index (χ4v) is 2.04. The molecule has 0 radical (unpaired) electrons. The molecule has 1 aromatic carbocycles. The van der Waals surface area contributed by atoms with Crippen LogP contribution in [0.4, 0.5) is 18.9 Å². The average molecular weight is 402 g/mol. The highest BCUT2D eigenvalue weighted by Crippen LogP contribution is 2.18. The van der Waals surface area contributed by atoms with Crippen LogP contribution in [0.3, 0.4) is 0 Å². The molecule has 0 saturated carbocycles. The van der Waals surface area contributed by atoms with Gasteiger partial charge >= 0.3 is 6.18 Å². The van der Waals surface area contributed by atoms with Gasteiger partial charge in [-0.05, 0) is 30.3 Å². The van der Waals surface area contributed by atoms with Gasteiger partial charge in [-0.3, -0.25) is 9.59 Å². The third kappa shape index (κ3) is 7.53. The topological polar surface area (TPSA) is 80.3 Å². The maximum absolute atomic E-state index is 12.0. The van der Waals surface area contributed by atoms with Crippen molar-refractivity contribution in [1.82, 2.24) is 10.3 Å². The van der Waals surface area contributed by atoms with Crippen molar-refractivity contribution >= 4 is 29.1 Å². The monoisotopic (exact) mass is 401 g/mol. The van der Waals surface area contributed by atoms with E-state index in [0.717, 1.165) is 0 Å². The summed E-state index contributed by atoms with van der Waals surface area (Å²) in [6, 6.07) is 8.86. The molecule has 0 aliphatic carbocycles. The number of nitrogens with one attached hydrogen (secondary N) is 2. The predicted octanol–water partition coefficient (Wildman–Crippen LogP) is 3.43. The van der Waals surface area contributed by atoms with Crippen LogP contribution >= 0.6 is 11.6 Å². The molecule has 6 nitrogen and oxygen atoms in total. The van der Waals surface area contributed by atoms with Crippen molar-refractivity contribution in [1.29, 1.82) is 0 Å². The quantitative estimate of drug-likeness (QED) is 0.744. The molecule has 0 atom stereocenters. The van der Waals surface area contributed by atoms with Crippen molar-refractivity contribution < 1.29 is 27.5 Å². The molecule has 0 aliphatic heterocycles. The number of rotatable bonds is 7. The molecule has 0 aliphatic rings. The summed E-state index contributed by atoms with van der Waals surface area (Å²) in [7, 11) is 0. The number of aromatic nitrogens is 1. The first kappa shape index (κ1) is 20.5. The lowest BCUT2D eigenvalue weighted by Crippen LogP contribution is -2.27. The second kappa shape index (κ2) is 9.22. The molecular weight excluding hydrogens is 387 g/mol. The summed E-state index contributed by atoms with van der Waals surface area (Å²) in [5, 5.41) is 5.61. The zero-order valence-corrected chi connectivity index (χ0v) is 14.6. The molecule has 2 rings (SSSR count). The van der Waals surface area contributed by atoms with E-state index < -0.39 is 18.7 Å². The van der Waals surface area contributed by atoms with Crippen molar-refractivity contribution in [2.45, 2.75) is 12.6 Å². The van der Waals surface area contributed by atoms with Crippen molar-refractivity contribution in [3.05, 3.63) is 53.2 Å². The van der Waals surface area contributed by atoms with Crippen molar-refractivity contribution in [2.24, 2.45) is 0 Å². The van der Waals surface area contributed by atoms with Crippen LogP contribution in [-0.4, -0.2) is 36.1 Å². The molecule has 0 spiro atoms. The van der Waals surface area contributed by atoms with Crippen LogP contribution in [0.25, 0.3) is 0 Å². The molecule has 2 amide bonds. The highest BCUT2D eigenvalue weighted by molar-refractivity contribution is 6.30. The summed E-state index contributed by atoms with van der Waals surface area (Å²) in [6.45, 7) is -1.34. The number of alkyl halides is 3. The van der Waals surface area contributed by atoms with Gasteiger partial charge in [-0.1, -0.05) is 11.6 Å². The highest BCUT2D eigenvalue weighted by Gasteiger charge is 2.28. The van der Waals surface area contributed by atoms with E-state index in [1.54, 1.807) is 24.3 Å². The molecule has 27 heavy (non-hydrogen) atoms. The third-order valence-electron chi connectivity index (χ3n) is 3.15. The Hall–Kier alpha value is -2.81. The van der Waals surface area contributed by atoms with E-state index >= 15 is 0 Å². The zero-order chi connectivity index (χ0) is 19.9. The maximum Gasteiger partial charge on any atom is 0.422 e. The van der Waals surface area contributed by atoms with Gasteiger partial charge in [-0.15, -0.1) is 0 Å². The van der Waals surface area contributed by atoms with Gasteiger partial charge in [0.15, 0.2) is 6.61 Å². The van der Waals surface area contributed by atoms with E-state index in [-0.39, 0.29) is 24.8 Å². The van der Waals surface area contributed by atoms with Crippen LogP contribution in [0.5, 0.6) is 5.88 Å². The van der Waals surface area contributed by atoms with Gasteiger partial charge in [0.25, 0.3) is 5.91 Å². The second-order valence-corrected chi connectivity index (χ2v) is 5.79. The average Bonchev–Trinajstić information content (AvgIpc) is 2.61. The molecule has 1 heterocycles. The number of hydrogen-bond acceptors (Lipinski definition) is 4. The molecule has 0 bridgehead atoms. The fourth-order valence-electron chi connectivity index (χ4n) is 1.91. The Bertz CT molecular complexity index is 781. The first-order valence-electron chi connectivity index (χ1n) is 7.72. The maximum atomic E-state index is 12.0. The van der Waals surface area contributed by atoms with Crippen molar-refractivity contribution in [2.75, 3.05) is 18.5 Å². The number of anilines is 1. The van der Waals surface area contributed by atoms with E-state index in [1.807, 2.05) is 0 Å². The Morgan fingerprint density at radius 3 is 2.41 bits per heavy atom. The molecular formula is C17H15ClF3N3O3. The van der Waals surface area contributed by atoms with Gasteiger partial charge in [0.05, 0.1) is 11.9 Å². The normalized spacial score (nSPS) is 11.0. The van der Waals surface area contributed by atoms with E-state index in [1.165, 1.54) is 18.3 Å². The Labute approximate surface area is 157 Å². The summed E-state index contributed by atoms with van der Waals surface area (Å²) >= 11 is 5.74. The lowest BCUT2D eigenvalue weighted by Gasteiger charge is -2.09. The van der Waals surface area contributed by atoms with Crippen molar-refractivity contribution in [3.63, 3.8) is 0 Å². The van der Waals surface area contributed by atoms with Crippen LogP contribution in [0.1, 0.15) is 16.8 Å². The smallest absolute Gasteiger partial charge is 0.422 e. The van der Waals surface area contributed by atoms with Gasteiger partial charge in [-0.25, -0.2) is 4.98 Å². The number of ether oxygens (including phenoxy) is 1. The molecule has 0 fully saturated rings. The number of amides is 2. The minimum Gasteiger partial charge on any atom is -0.468 e. The predicted molar refractivity (Wildman–Crippen MR) is 92.8 cm³/mol. The van der Waals surface area contributed by atoms with Crippen LogP contribution in [0.15, 0.2) is 42.6 Å². The number of carbonyl (C=O) groups is 2. The number of benzene rings is 1. The van der Waals surface area contributed by atoms with E-state index in [0.29, 0.717) is 16.3 Å². The van der Waals surface area contributed by atoms with Crippen LogP contribution in [-0.2, 0) is 4.79 Å². The Kier molecular flexibility index (Phi) is 7.00. The molecule has 0 unspecified atom stereocenters. The standard InChI is InChI=1S/C17H15ClF3N3O3/c18-12-3-1-11(2-4-12)16(26)22-8-7-14(25)24-13-5-6-15(23-9-13)27-10-17(19,20)21/h1-6,9H,7-8,10H2,(H,22,26)(H,24,25). The van der Waals surface area contributed by atoms with Gasteiger partial charge in [-0.2, -0.15) is 13.2 Å². The SMILES string of the molecule is O=C(CCNC(=O)c1ccc(Cl)cc1)Nc1ccc(OCC(F)(F)F)nc1. The number of pyridine rings is 1. The lowest BCUT2D eigenvalue weighted by molar-refractivity contribution is -0.154. The van der Waals surface area contributed by atoms with Crippen LogP contribution in [0, 0.1) is 0 Å². The first-order chi connectivity index (χ1) is 12.7. The van der Waals surface area contributed by atoms with Gasteiger partial charge < -0.3 is 15.4 Å².